The van der Waals surface area contributed by atoms with E-state index in [0.29, 0.717) is 55.8 Å². The Morgan fingerprint density at radius 1 is 1.06 bits per heavy atom. The van der Waals surface area contributed by atoms with Gasteiger partial charge in [0, 0.05) is 61.7 Å². The van der Waals surface area contributed by atoms with Crippen LogP contribution >= 0.6 is 0 Å². The summed E-state index contributed by atoms with van der Waals surface area (Å²) in [7, 11) is -1.70. The lowest BCUT2D eigenvalue weighted by Gasteiger charge is -2.33. The highest BCUT2D eigenvalue weighted by Gasteiger charge is 2.66. The second-order valence-electron chi connectivity index (χ2n) is 14.5. The van der Waals surface area contributed by atoms with Gasteiger partial charge in [-0.25, -0.2) is 0 Å². The predicted octanol–water partition coefficient (Wildman–Crippen LogP) is 4.88. The van der Waals surface area contributed by atoms with Crippen LogP contribution < -0.4 is 9.80 Å². The number of unbranched alkanes of at least 4 members (excludes halogenated alkanes) is 1. The number of aliphatic hydroxyl groups excluding tert-OH is 1. The molecule has 272 valence electrons. The van der Waals surface area contributed by atoms with Crippen molar-refractivity contribution in [1.82, 2.24) is 4.90 Å². The average Bonchev–Trinajstić information content (AvgIpc) is 3.50. The molecule has 50 heavy (non-hydrogen) atoms. The summed E-state index contributed by atoms with van der Waals surface area (Å²) in [6.45, 7) is 6.76. The van der Waals surface area contributed by atoms with Crippen molar-refractivity contribution in [1.29, 1.82) is 0 Å². The average molecular weight is 708 g/mol. The number of ether oxygens (including phenoxy) is 2. The first-order valence-corrected chi connectivity index (χ1v) is 21.1. The Hall–Kier alpha value is -3.58. The number of aliphatic hydroxyl groups is 1. The zero-order valence-electron chi connectivity index (χ0n) is 29.9. The quantitative estimate of drug-likeness (QED) is 0.171. The lowest BCUT2D eigenvalue weighted by Crippen LogP contribution is -2.46. The minimum Gasteiger partial charge on any atom is -0.469 e. The summed E-state index contributed by atoms with van der Waals surface area (Å²) < 4.78 is 11.8. The van der Waals surface area contributed by atoms with E-state index < -0.39 is 31.5 Å². The number of methoxy groups -OCH3 is 1. The van der Waals surface area contributed by atoms with Crippen LogP contribution in [0.3, 0.4) is 0 Å². The first-order valence-electron chi connectivity index (χ1n) is 18.1. The van der Waals surface area contributed by atoms with Crippen LogP contribution in [-0.2, 0) is 40.8 Å². The molecule has 0 bridgehead atoms. The number of benzene rings is 2. The van der Waals surface area contributed by atoms with Gasteiger partial charge in [0.25, 0.3) is 5.91 Å². The predicted molar refractivity (Wildman–Crippen MR) is 193 cm³/mol. The molecular formula is C38H53N3O8Si. The Morgan fingerprint density at radius 3 is 2.50 bits per heavy atom. The summed E-state index contributed by atoms with van der Waals surface area (Å²) in [6, 6.07) is 15.3. The van der Waals surface area contributed by atoms with E-state index in [-0.39, 0.29) is 49.7 Å². The van der Waals surface area contributed by atoms with Gasteiger partial charge in [0.05, 0.1) is 31.9 Å². The zero-order valence-corrected chi connectivity index (χ0v) is 30.9. The van der Waals surface area contributed by atoms with Gasteiger partial charge in [-0.1, -0.05) is 50.1 Å². The third kappa shape index (κ3) is 7.83. The number of carbonyl (C=O) groups is 4. The number of amides is 3. The van der Waals surface area contributed by atoms with Gasteiger partial charge in [0.1, 0.15) is 0 Å². The van der Waals surface area contributed by atoms with Crippen molar-refractivity contribution in [3.05, 3.63) is 59.7 Å². The van der Waals surface area contributed by atoms with Crippen LogP contribution in [0.4, 0.5) is 11.4 Å². The molecule has 11 nitrogen and oxygen atoms in total. The van der Waals surface area contributed by atoms with Crippen molar-refractivity contribution >= 4 is 43.4 Å². The van der Waals surface area contributed by atoms with Crippen molar-refractivity contribution in [2.75, 3.05) is 43.2 Å². The van der Waals surface area contributed by atoms with Crippen molar-refractivity contribution in [2.45, 2.75) is 102 Å². The normalized spacial score (nSPS) is 23.9. The molecule has 5 rings (SSSR count). The van der Waals surface area contributed by atoms with Gasteiger partial charge in [0.2, 0.25) is 11.8 Å². The molecule has 2 fully saturated rings. The second-order valence-corrected chi connectivity index (χ2v) is 18.5. The Kier molecular flexibility index (Phi) is 12.2. The van der Waals surface area contributed by atoms with Gasteiger partial charge in [-0.2, -0.15) is 0 Å². The summed E-state index contributed by atoms with van der Waals surface area (Å²) in [5.74, 6) is -1.24. The zero-order chi connectivity index (χ0) is 36.1. The van der Waals surface area contributed by atoms with E-state index in [1.165, 1.54) is 7.11 Å². The summed E-state index contributed by atoms with van der Waals surface area (Å²) in [5.41, 5.74) is 1.00. The number of anilines is 2. The Morgan fingerprint density at radius 2 is 1.80 bits per heavy atom. The fourth-order valence-corrected chi connectivity index (χ4v) is 10.8. The molecule has 0 saturated carbocycles. The van der Waals surface area contributed by atoms with Crippen LogP contribution in [0, 0.1) is 5.92 Å². The second kappa shape index (κ2) is 16.2. The molecule has 2 aromatic rings. The number of esters is 1. The van der Waals surface area contributed by atoms with Crippen molar-refractivity contribution in [3.63, 3.8) is 0 Å². The minimum absolute atomic E-state index is 0.0516. The number of nitrogens with zero attached hydrogens (tertiary/aromatic N) is 3. The molecule has 0 aliphatic carbocycles. The summed E-state index contributed by atoms with van der Waals surface area (Å²) in [6.07, 6.45) is 4.77. The molecule has 4 atom stereocenters. The van der Waals surface area contributed by atoms with Crippen LogP contribution in [-0.4, -0.2) is 86.3 Å². The lowest BCUT2D eigenvalue weighted by atomic mass is 9.82. The maximum absolute atomic E-state index is 14.8. The van der Waals surface area contributed by atoms with Crippen LogP contribution in [0.1, 0.15) is 75.8 Å². The van der Waals surface area contributed by atoms with Crippen molar-refractivity contribution in [3.8, 4) is 0 Å². The highest BCUT2D eigenvalue weighted by atomic mass is 28.4. The fraction of sp³-hybridized carbons (Fsp3) is 0.579. The van der Waals surface area contributed by atoms with E-state index in [1.807, 2.05) is 73.4 Å². The Bertz CT molecular complexity index is 1530. The third-order valence-corrected chi connectivity index (χ3v) is 13.2. The minimum atomic E-state index is -3.06. The largest absolute Gasteiger partial charge is 0.469 e. The van der Waals surface area contributed by atoms with Gasteiger partial charge >= 0.3 is 5.97 Å². The fourth-order valence-electron chi connectivity index (χ4n) is 8.25. The first-order chi connectivity index (χ1) is 23.9. The molecule has 0 unspecified atom stereocenters. The third-order valence-electron chi connectivity index (χ3n) is 10.7. The van der Waals surface area contributed by atoms with Gasteiger partial charge < -0.3 is 34.1 Å². The van der Waals surface area contributed by atoms with Gasteiger partial charge in [0.15, 0.2) is 13.9 Å². The van der Waals surface area contributed by atoms with Gasteiger partial charge in [-0.3, -0.25) is 19.2 Å². The molecule has 12 heteroatoms. The van der Waals surface area contributed by atoms with Crippen LogP contribution in [0.25, 0.3) is 0 Å². The molecule has 2 N–H and O–H groups in total. The maximum atomic E-state index is 14.8. The summed E-state index contributed by atoms with van der Waals surface area (Å²) >= 11 is 0. The molecule has 3 heterocycles. The number of fused-ring (bicyclic) bond motifs is 2. The Labute approximate surface area is 296 Å². The maximum Gasteiger partial charge on any atom is 0.305 e. The standard InChI is InChI=1S/C38H53N3O8Si/c1-27-36(50(3,4)47)32(25-34(44)39(22-23-42)26-28-14-8-7-9-15-28)49-38(27)30-24-29(40-20-12-6-5-10-16-33(40)43)18-19-31(30)41(37(38)46)21-13-11-17-35(45)48-2/h7-9,14-15,18-19,24,27,32,36,42,47H,5-6,10-13,16-17,20-23,25-26H2,1-4H3/t27-,32+,36-,38+/m1/s1. The number of rotatable bonds is 13. The Balaban J connectivity index is 1.52. The van der Waals surface area contributed by atoms with E-state index in [9.17, 15) is 29.1 Å². The van der Waals surface area contributed by atoms with Crippen LogP contribution in [0.15, 0.2) is 48.5 Å². The molecule has 3 aliphatic heterocycles. The van der Waals surface area contributed by atoms with Crippen LogP contribution in [0.5, 0.6) is 0 Å². The van der Waals surface area contributed by atoms with E-state index in [2.05, 4.69) is 0 Å². The summed E-state index contributed by atoms with van der Waals surface area (Å²) in [5, 5.41) is 9.84. The van der Waals surface area contributed by atoms with Crippen LogP contribution in [0.2, 0.25) is 18.6 Å². The highest BCUT2D eigenvalue weighted by Crippen LogP contribution is 2.60. The molecule has 2 saturated heterocycles. The lowest BCUT2D eigenvalue weighted by molar-refractivity contribution is -0.150. The van der Waals surface area contributed by atoms with E-state index >= 15 is 0 Å². The topological polar surface area (TPSA) is 137 Å². The van der Waals surface area contributed by atoms with Crippen molar-refractivity contribution < 1.29 is 38.6 Å². The van der Waals surface area contributed by atoms with E-state index in [4.69, 9.17) is 9.47 Å². The molecule has 3 amide bonds. The van der Waals surface area contributed by atoms with E-state index in [0.717, 1.165) is 31.2 Å². The smallest absolute Gasteiger partial charge is 0.305 e. The molecule has 2 aromatic carbocycles. The monoisotopic (exact) mass is 707 g/mol. The first kappa shape index (κ1) is 37.7. The van der Waals surface area contributed by atoms with E-state index in [1.54, 1.807) is 9.80 Å². The van der Waals surface area contributed by atoms with Crippen molar-refractivity contribution in [2.24, 2.45) is 5.92 Å². The molecular weight excluding hydrogens is 655 g/mol. The number of carbonyl (C=O) groups excluding carboxylic acids is 4. The number of hydrogen-bond acceptors (Lipinski definition) is 8. The van der Waals surface area contributed by atoms with Gasteiger partial charge in [-0.05, 0) is 62.5 Å². The molecule has 3 aliphatic rings. The highest BCUT2D eigenvalue weighted by molar-refractivity contribution is 6.71. The number of hydrogen-bond donors (Lipinski definition) is 2. The molecule has 0 radical (unpaired) electrons. The SMILES string of the molecule is COC(=O)CCCCN1C(=O)[C@@]2(O[C@@H](CC(=O)N(CCO)Cc3ccccc3)[C@H]([Si](C)(C)O)[C@H]2C)c2cc(N3CCCCCCC3=O)ccc21. The molecule has 1 spiro atoms. The summed E-state index contributed by atoms with van der Waals surface area (Å²) in [4.78, 5) is 70.8. The van der Waals surface area contributed by atoms with Gasteiger partial charge in [-0.15, -0.1) is 0 Å². The molecule has 0 aromatic heterocycles.